The molecule has 0 radical (unpaired) electrons. The minimum atomic E-state index is -1.41. The zero-order chi connectivity index (χ0) is 19.6. The van der Waals surface area contributed by atoms with Gasteiger partial charge in [-0.2, -0.15) is 0 Å². The number of hydrogen-bond acceptors (Lipinski definition) is 5. The molecule has 4 heterocycles. The number of ether oxygens (including phenoxy) is 1. The van der Waals surface area contributed by atoms with Crippen LogP contribution >= 0.6 is 0 Å². The molecule has 2 aromatic heterocycles. The van der Waals surface area contributed by atoms with Gasteiger partial charge in [-0.15, -0.1) is 0 Å². The molecule has 2 aliphatic heterocycles. The summed E-state index contributed by atoms with van der Waals surface area (Å²) in [6.07, 6.45) is 0.158. The van der Waals surface area contributed by atoms with E-state index < -0.39 is 11.6 Å². The average molecular weight is 376 g/mol. The number of para-hydroxylation sites is 1. The van der Waals surface area contributed by atoms with Crippen molar-refractivity contribution in [3.8, 4) is 11.4 Å². The molecule has 0 aliphatic carbocycles. The molecule has 1 unspecified atom stereocenters. The Morgan fingerprint density at radius 1 is 1.25 bits per heavy atom. The summed E-state index contributed by atoms with van der Waals surface area (Å²) in [7, 11) is 0. The molecule has 28 heavy (non-hydrogen) atoms. The SMILES string of the molecule is CCC1(O)CC(=O)OCc2c1cc1n(c2=O)Cc2c-1nc1ccccc1c2C. The number of aromatic nitrogens is 2. The van der Waals surface area contributed by atoms with Crippen molar-refractivity contribution in [2.24, 2.45) is 0 Å². The van der Waals surface area contributed by atoms with E-state index in [4.69, 9.17) is 9.72 Å². The van der Waals surface area contributed by atoms with Gasteiger partial charge >= 0.3 is 5.97 Å². The van der Waals surface area contributed by atoms with Gasteiger partial charge < -0.3 is 14.4 Å². The van der Waals surface area contributed by atoms with E-state index in [0.717, 1.165) is 27.7 Å². The first-order valence-electron chi connectivity index (χ1n) is 9.46. The second-order valence-corrected chi connectivity index (χ2v) is 7.62. The lowest BCUT2D eigenvalue weighted by Gasteiger charge is -2.26. The number of carbonyl (C=O) groups is 1. The maximum absolute atomic E-state index is 13.3. The normalized spacial score (nSPS) is 20.3. The van der Waals surface area contributed by atoms with Gasteiger partial charge in [-0.25, -0.2) is 4.98 Å². The first kappa shape index (κ1) is 17.1. The number of pyridine rings is 2. The van der Waals surface area contributed by atoms with E-state index in [1.165, 1.54) is 0 Å². The fourth-order valence-corrected chi connectivity index (χ4v) is 4.43. The lowest BCUT2D eigenvalue weighted by atomic mass is 9.85. The van der Waals surface area contributed by atoms with Gasteiger partial charge in [-0.05, 0) is 36.6 Å². The molecule has 0 spiro atoms. The van der Waals surface area contributed by atoms with Crippen LogP contribution in [0.5, 0.6) is 0 Å². The van der Waals surface area contributed by atoms with E-state index in [1.807, 2.05) is 30.3 Å². The van der Waals surface area contributed by atoms with Crippen molar-refractivity contribution in [1.82, 2.24) is 9.55 Å². The predicted molar refractivity (Wildman–Crippen MR) is 104 cm³/mol. The third kappa shape index (κ3) is 2.21. The monoisotopic (exact) mass is 376 g/mol. The summed E-state index contributed by atoms with van der Waals surface area (Å²) in [5.41, 5.74) is 3.66. The maximum Gasteiger partial charge on any atom is 0.309 e. The van der Waals surface area contributed by atoms with Gasteiger partial charge in [0.2, 0.25) is 0 Å². The third-order valence-electron chi connectivity index (χ3n) is 6.14. The van der Waals surface area contributed by atoms with Crippen molar-refractivity contribution >= 4 is 16.9 Å². The topological polar surface area (TPSA) is 81.4 Å². The summed E-state index contributed by atoms with van der Waals surface area (Å²) in [5.74, 6) is -0.495. The summed E-state index contributed by atoms with van der Waals surface area (Å²) in [6.45, 7) is 4.17. The Labute approximate surface area is 161 Å². The van der Waals surface area contributed by atoms with Crippen molar-refractivity contribution in [3.63, 3.8) is 0 Å². The zero-order valence-corrected chi connectivity index (χ0v) is 15.8. The van der Waals surface area contributed by atoms with Gasteiger partial charge in [-0.3, -0.25) is 9.59 Å². The number of nitrogens with zero attached hydrogens (tertiary/aromatic N) is 2. The van der Waals surface area contributed by atoms with Crippen molar-refractivity contribution < 1.29 is 14.6 Å². The van der Waals surface area contributed by atoms with E-state index in [9.17, 15) is 14.7 Å². The number of aliphatic hydroxyl groups is 1. The fourth-order valence-electron chi connectivity index (χ4n) is 4.43. The highest BCUT2D eigenvalue weighted by Crippen LogP contribution is 2.40. The number of benzene rings is 1. The number of cyclic esters (lactones) is 1. The Kier molecular flexibility index (Phi) is 3.52. The standard InChI is InChI=1S/C22H20N2O4/c1-3-22(27)9-19(25)28-11-15-16(22)8-18-20-14(10-24(18)21(15)26)12(2)13-6-4-5-7-17(13)23-20/h4-8,27H,3,9-11H2,1-2H3. The molecule has 1 aromatic carbocycles. The average Bonchev–Trinajstić information content (AvgIpc) is 3.00. The van der Waals surface area contributed by atoms with Crippen molar-refractivity contribution in [3.05, 3.63) is 62.9 Å². The fraction of sp³-hybridized carbons (Fsp3) is 0.318. The molecule has 0 fully saturated rings. The maximum atomic E-state index is 13.3. The molecule has 0 amide bonds. The Hall–Kier alpha value is -2.99. The van der Waals surface area contributed by atoms with Crippen LogP contribution < -0.4 is 5.56 Å². The molecule has 142 valence electrons. The third-order valence-corrected chi connectivity index (χ3v) is 6.14. The lowest BCUT2D eigenvalue weighted by Crippen LogP contribution is -2.32. The van der Waals surface area contributed by atoms with Crippen LogP contribution in [0, 0.1) is 6.92 Å². The molecule has 2 aliphatic rings. The Balaban J connectivity index is 1.82. The van der Waals surface area contributed by atoms with Crippen LogP contribution in [0.2, 0.25) is 0 Å². The van der Waals surface area contributed by atoms with Crippen LogP contribution in [0.25, 0.3) is 22.3 Å². The zero-order valence-electron chi connectivity index (χ0n) is 15.8. The lowest BCUT2D eigenvalue weighted by molar-refractivity contribution is -0.149. The largest absolute Gasteiger partial charge is 0.460 e. The van der Waals surface area contributed by atoms with E-state index in [1.54, 1.807) is 11.5 Å². The number of carbonyl (C=O) groups excluding carboxylic acids is 1. The summed E-state index contributed by atoms with van der Waals surface area (Å²) < 4.78 is 6.88. The van der Waals surface area contributed by atoms with Gasteiger partial charge in [0.1, 0.15) is 12.2 Å². The van der Waals surface area contributed by atoms with Gasteiger partial charge in [0, 0.05) is 10.9 Å². The minimum absolute atomic E-state index is 0.111. The molecular weight excluding hydrogens is 356 g/mol. The van der Waals surface area contributed by atoms with Crippen LogP contribution in [0.15, 0.2) is 35.1 Å². The summed E-state index contributed by atoms with van der Waals surface area (Å²) in [5, 5.41) is 12.2. The molecule has 6 heteroatoms. The van der Waals surface area contributed by atoms with Crippen LogP contribution in [-0.4, -0.2) is 20.6 Å². The molecule has 0 saturated heterocycles. The van der Waals surface area contributed by atoms with Gasteiger partial charge in [-0.1, -0.05) is 25.1 Å². The van der Waals surface area contributed by atoms with Crippen LogP contribution in [0.3, 0.4) is 0 Å². The number of hydrogen-bond donors (Lipinski definition) is 1. The van der Waals surface area contributed by atoms with Gasteiger partial charge in [0.15, 0.2) is 0 Å². The van der Waals surface area contributed by atoms with Crippen molar-refractivity contribution in [2.75, 3.05) is 0 Å². The molecule has 5 rings (SSSR count). The Morgan fingerprint density at radius 2 is 2.04 bits per heavy atom. The number of rotatable bonds is 1. The number of fused-ring (bicyclic) bond motifs is 5. The van der Waals surface area contributed by atoms with E-state index in [-0.39, 0.29) is 18.6 Å². The highest BCUT2D eigenvalue weighted by atomic mass is 16.5. The first-order valence-corrected chi connectivity index (χ1v) is 9.46. The second-order valence-electron chi connectivity index (χ2n) is 7.62. The Bertz CT molecular complexity index is 1230. The molecule has 0 bridgehead atoms. The number of aryl methyl sites for hydroxylation is 1. The Morgan fingerprint density at radius 3 is 2.82 bits per heavy atom. The highest BCUT2D eigenvalue weighted by Gasteiger charge is 2.39. The molecule has 3 aromatic rings. The van der Waals surface area contributed by atoms with E-state index in [0.29, 0.717) is 29.8 Å². The van der Waals surface area contributed by atoms with Crippen LogP contribution in [0.1, 0.15) is 42.0 Å². The molecule has 1 N–H and O–H groups in total. The van der Waals surface area contributed by atoms with E-state index >= 15 is 0 Å². The molecule has 6 nitrogen and oxygen atoms in total. The first-order chi connectivity index (χ1) is 13.4. The van der Waals surface area contributed by atoms with Crippen LogP contribution in [-0.2, 0) is 28.3 Å². The molecule has 0 saturated carbocycles. The predicted octanol–water partition coefficient (Wildman–Crippen LogP) is 2.78. The minimum Gasteiger partial charge on any atom is -0.460 e. The van der Waals surface area contributed by atoms with Crippen molar-refractivity contribution in [2.45, 2.75) is 45.4 Å². The quantitative estimate of drug-likeness (QED) is 0.517. The molecular formula is C22H20N2O4. The highest BCUT2D eigenvalue weighted by molar-refractivity contribution is 5.87. The van der Waals surface area contributed by atoms with Crippen LogP contribution in [0.4, 0.5) is 0 Å². The summed E-state index contributed by atoms with van der Waals surface area (Å²) >= 11 is 0. The van der Waals surface area contributed by atoms with E-state index in [2.05, 4.69) is 6.92 Å². The summed E-state index contributed by atoms with van der Waals surface area (Å²) in [6, 6.07) is 9.75. The summed E-state index contributed by atoms with van der Waals surface area (Å²) in [4.78, 5) is 30.1. The van der Waals surface area contributed by atoms with Gasteiger partial charge in [0.25, 0.3) is 5.56 Å². The second kappa shape index (κ2) is 5.75. The van der Waals surface area contributed by atoms with Gasteiger partial charge in [0.05, 0.1) is 35.4 Å². The number of esters is 1. The smallest absolute Gasteiger partial charge is 0.309 e. The molecule has 1 atom stereocenters. The van der Waals surface area contributed by atoms with Crippen molar-refractivity contribution in [1.29, 1.82) is 0 Å².